The Hall–Kier alpha value is -0.740. The highest BCUT2D eigenvalue weighted by Gasteiger charge is 2.28. The van der Waals surface area contributed by atoms with Gasteiger partial charge in [-0.15, -0.1) is 12.4 Å². The second-order valence-corrected chi connectivity index (χ2v) is 7.25. The first-order valence-corrected chi connectivity index (χ1v) is 8.23. The van der Waals surface area contributed by atoms with Crippen molar-refractivity contribution < 1.29 is 13.3 Å². The van der Waals surface area contributed by atoms with Crippen LogP contribution in [0.4, 0.5) is 5.69 Å². The number of sulfonamides is 1. The van der Waals surface area contributed by atoms with Crippen molar-refractivity contribution in [2.45, 2.75) is 11.8 Å². The van der Waals surface area contributed by atoms with Gasteiger partial charge in [-0.25, -0.2) is 8.42 Å². The van der Waals surface area contributed by atoms with E-state index in [2.05, 4.69) is 21.2 Å². The highest BCUT2D eigenvalue weighted by Crippen LogP contribution is 2.31. The van der Waals surface area contributed by atoms with Gasteiger partial charge in [0.15, 0.2) is 0 Å². The van der Waals surface area contributed by atoms with Gasteiger partial charge in [-0.05, 0) is 13.0 Å². The van der Waals surface area contributed by atoms with Crippen molar-refractivity contribution in [1.29, 1.82) is 0 Å². The smallest absolute Gasteiger partial charge is 0.274 e. The van der Waals surface area contributed by atoms with Crippen molar-refractivity contribution in [3.05, 3.63) is 32.3 Å². The number of nitro groups is 1. The highest BCUT2D eigenvalue weighted by atomic mass is 79.9. The maximum Gasteiger partial charge on any atom is 0.274 e. The second-order valence-electron chi connectivity index (χ2n) is 4.46. The Morgan fingerprint density at radius 1 is 1.33 bits per heavy atom. The molecule has 1 aliphatic heterocycles. The zero-order chi connectivity index (χ0) is 14.9. The van der Waals surface area contributed by atoms with Crippen LogP contribution in [0.15, 0.2) is 21.5 Å². The van der Waals surface area contributed by atoms with E-state index in [-0.39, 0.29) is 23.0 Å². The summed E-state index contributed by atoms with van der Waals surface area (Å²) in [4.78, 5) is 10.4. The normalized spacial score (nSPS) is 16.3. The van der Waals surface area contributed by atoms with Crippen LogP contribution in [0.25, 0.3) is 0 Å². The molecule has 0 bridgehead atoms. The predicted octanol–water partition coefficient (Wildman–Crippen LogP) is 1.68. The summed E-state index contributed by atoms with van der Waals surface area (Å²) in [6.45, 7) is 3.45. The summed E-state index contributed by atoms with van der Waals surface area (Å²) in [6, 6.07) is 2.54. The summed E-state index contributed by atoms with van der Waals surface area (Å²) in [6.07, 6.45) is 0. The first kappa shape index (κ1) is 18.3. The standard InChI is InChI=1S/C11H14BrN3O4S.ClH/c1-8-10(12)6-9(7-11(8)15(16)17)20(18,19)14-4-2-13-3-5-14;/h6-7,13H,2-5H2,1H3;1H. The number of hydrogen-bond acceptors (Lipinski definition) is 5. The molecule has 118 valence electrons. The molecule has 1 heterocycles. The van der Waals surface area contributed by atoms with Gasteiger partial charge < -0.3 is 5.32 Å². The number of piperazine rings is 1. The molecular weight excluding hydrogens is 386 g/mol. The molecule has 10 heteroatoms. The molecule has 0 aliphatic carbocycles. The second kappa shape index (κ2) is 7.01. The number of hydrogen-bond donors (Lipinski definition) is 1. The molecule has 0 spiro atoms. The minimum Gasteiger partial charge on any atom is -0.314 e. The SMILES string of the molecule is Cc1c(Br)cc(S(=O)(=O)N2CCNCC2)cc1[N+](=O)[O-].Cl. The van der Waals surface area contributed by atoms with Crippen molar-refractivity contribution in [2.75, 3.05) is 26.2 Å². The topological polar surface area (TPSA) is 92.6 Å². The van der Waals surface area contributed by atoms with Crippen molar-refractivity contribution in [3.8, 4) is 0 Å². The summed E-state index contributed by atoms with van der Waals surface area (Å²) in [5.74, 6) is 0. The number of benzene rings is 1. The predicted molar refractivity (Wildman–Crippen MR) is 84.4 cm³/mol. The number of nitrogens with zero attached hydrogens (tertiary/aromatic N) is 2. The van der Waals surface area contributed by atoms with Gasteiger partial charge in [0.05, 0.1) is 9.82 Å². The molecule has 0 aromatic heterocycles. The lowest BCUT2D eigenvalue weighted by Gasteiger charge is -2.26. The molecule has 1 aliphatic rings. The molecule has 21 heavy (non-hydrogen) atoms. The molecule has 1 fully saturated rings. The Morgan fingerprint density at radius 3 is 2.43 bits per heavy atom. The van der Waals surface area contributed by atoms with Gasteiger partial charge in [0.2, 0.25) is 10.0 Å². The van der Waals surface area contributed by atoms with Gasteiger partial charge in [-0.1, -0.05) is 15.9 Å². The van der Waals surface area contributed by atoms with E-state index in [1.54, 1.807) is 6.92 Å². The summed E-state index contributed by atoms with van der Waals surface area (Å²) in [7, 11) is -3.70. The van der Waals surface area contributed by atoms with Crippen molar-refractivity contribution in [1.82, 2.24) is 9.62 Å². The zero-order valence-electron chi connectivity index (χ0n) is 11.2. The maximum absolute atomic E-state index is 12.5. The van der Waals surface area contributed by atoms with E-state index in [0.717, 1.165) is 6.07 Å². The van der Waals surface area contributed by atoms with Crippen LogP contribution >= 0.6 is 28.3 Å². The number of halogens is 2. The fourth-order valence-corrected chi connectivity index (χ4v) is 4.10. The average Bonchev–Trinajstić information content (AvgIpc) is 2.42. The van der Waals surface area contributed by atoms with E-state index in [0.29, 0.717) is 36.2 Å². The molecule has 1 N–H and O–H groups in total. The van der Waals surface area contributed by atoms with E-state index in [9.17, 15) is 18.5 Å². The Morgan fingerprint density at radius 2 is 1.90 bits per heavy atom. The molecule has 1 saturated heterocycles. The van der Waals surface area contributed by atoms with E-state index in [1.165, 1.54) is 10.4 Å². The van der Waals surface area contributed by atoms with Crippen LogP contribution in [0.5, 0.6) is 0 Å². The molecule has 0 saturated carbocycles. The average molecular weight is 401 g/mol. The van der Waals surface area contributed by atoms with Crippen LogP contribution in [0.1, 0.15) is 5.56 Å². The third-order valence-electron chi connectivity index (χ3n) is 3.20. The summed E-state index contributed by atoms with van der Waals surface area (Å²) in [5, 5.41) is 14.1. The third-order valence-corrected chi connectivity index (χ3v) is 5.90. The van der Waals surface area contributed by atoms with Crippen molar-refractivity contribution in [3.63, 3.8) is 0 Å². The minimum absolute atomic E-state index is 0. The fraction of sp³-hybridized carbons (Fsp3) is 0.455. The fourth-order valence-electron chi connectivity index (χ4n) is 2.01. The summed E-state index contributed by atoms with van der Waals surface area (Å²) >= 11 is 3.18. The zero-order valence-corrected chi connectivity index (χ0v) is 14.4. The number of nitrogens with one attached hydrogen (secondary N) is 1. The highest BCUT2D eigenvalue weighted by molar-refractivity contribution is 9.10. The van der Waals surface area contributed by atoms with Gasteiger partial charge in [0.1, 0.15) is 0 Å². The molecule has 0 unspecified atom stereocenters. The quantitative estimate of drug-likeness (QED) is 0.615. The molecule has 0 amide bonds. The Labute approximate surface area is 137 Å². The molecule has 7 nitrogen and oxygen atoms in total. The molecule has 0 atom stereocenters. The summed E-state index contributed by atoms with van der Waals surface area (Å²) in [5.41, 5.74) is 0.211. The Kier molecular flexibility index (Phi) is 6.11. The van der Waals surface area contributed by atoms with E-state index in [4.69, 9.17) is 0 Å². The lowest BCUT2D eigenvalue weighted by Crippen LogP contribution is -2.46. The van der Waals surface area contributed by atoms with Gasteiger partial charge >= 0.3 is 0 Å². The van der Waals surface area contributed by atoms with Crippen LogP contribution in [0.2, 0.25) is 0 Å². The number of nitro benzene ring substituents is 1. The molecular formula is C11H15BrClN3O4S. The van der Waals surface area contributed by atoms with Crippen LogP contribution in [-0.2, 0) is 10.0 Å². The van der Waals surface area contributed by atoms with E-state index >= 15 is 0 Å². The van der Waals surface area contributed by atoms with E-state index < -0.39 is 14.9 Å². The molecule has 1 aromatic rings. The minimum atomic E-state index is -3.70. The Bertz CT molecular complexity index is 647. The molecule has 2 rings (SSSR count). The molecule has 0 radical (unpaired) electrons. The lowest BCUT2D eigenvalue weighted by atomic mass is 10.2. The Balaban J connectivity index is 0.00000220. The van der Waals surface area contributed by atoms with Crippen LogP contribution < -0.4 is 5.32 Å². The maximum atomic E-state index is 12.5. The van der Waals surface area contributed by atoms with Gasteiger partial charge in [-0.2, -0.15) is 4.31 Å². The third kappa shape index (κ3) is 3.72. The van der Waals surface area contributed by atoms with Crippen LogP contribution in [0.3, 0.4) is 0 Å². The van der Waals surface area contributed by atoms with Crippen LogP contribution in [0, 0.1) is 17.0 Å². The molecule has 1 aromatic carbocycles. The monoisotopic (exact) mass is 399 g/mol. The summed E-state index contributed by atoms with van der Waals surface area (Å²) < 4.78 is 26.7. The van der Waals surface area contributed by atoms with Crippen LogP contribution in [-0.4, -0.2) is 43.8 Å². The van der Waals surface area contributed by atoms with E-state index in [1.807, 2.05) is 0 Å². The van der Waals surface area contributed by atoms with Gasteiger partial charge in [-0.3, -0.25) is 10.1 Å². The van der Waals surface area contributed by atoms with Gasteiger partial charge in [0.25, 0.3) is 5.69 Å². The van der Waals surface area contributed by atoms with Gasteiger partial charge in [0, 0.05) is 42.3 Å². The van der Waals surface area contributed by atoms with Crippen molar-refractivity contribution >= 4 is 44.0 Å². The lowest BCUT2D eigenvalue weighted by molar-refractivity contribution is -0.385. The largest absolute Gasteiger partial charge is 0.314 e. The van der Waals surface area contributed by atoms with Crippen molar-refractivity contribution in [2.24, 2.45) is 0 Å². The number of rotatable bonds is 3. The first-order valence-electron chi connectivity index (χ1n) is 5.99. The first-order chi connectivity index (χ1) is 9.34.